The highest BCUT2D eigenvalue weighted by Crippen LogP contribution is 2.39. The van der Waals surface area contributed by atoms with Crippen LogP contribution in [0.4, 0.5) is 0 Å². The van der Waals surface area contributed by atoms with Crippen molar-refractivity contribution in [3.8, 4) is 0 Å². The molecule has 1 aromatic carbocycles. The smallest absolute Gasteiger partial charge is 0.253 e. The number of carbonyl (C=O) groups excluding carboxylic acids is 1. The summed E-state index contributed by atoms with van der Waals surface area (Å²) in [6, 6.07) is 5.65. The summed E-state index contributed by atoms with van der Waals surface area (Å²) in [6.07, 6.45) is 5.98. The van der Waals surface area contributed by atoms with Crippen molar-refractivity contribution in [2.24, 2.45) is 0 Å². The van der Waals surface area contributed by atoms with E-state index in [-0.39, 0.29) is 11.8 Å². The fourth-order valence-corrected chi connectivity index (χ4v) is 3.54. The SMILES string of the molecule is O=C(c1ccc2[nH]ncc2c1)N1CCCC(c2noc(C3CC3)n2)C1. The summed E-state index contributed by atoms with van der Waals surface area (Å²) >= 11 is 0. The van der Waals surface area contributed by atoms with Crippen LogP contribution in [0.25, 0.3) is 10.9 Å². The van der Waals surface area contributed by atoms with Crippen LogP contribution in [-0.2, 0) is 0 Å². The van der Waals surface area contributed by atoms with Gasteiger partial charge < -0.3 is 9.42 Å². The van der Waals surface area contributed by atoms with E-state index in [4.69, 9.17) is 4.52 Å². The number of likely N-dealkylation sites (tertiary alicyclic amines) is 1. The van der Waals surface area contributed by atoms with Gasteiger partial charge in [0.25, 0.3) is 5.91 Å². The Morgan fingerprint density at radius 3 is 3.04 bits per heavy atom. The van der Waals surface area contributed by atoms with Crippen LogP contribution in [0.15, 0.2) is 28.9 Å². The third-order valence-corrected chi connectivity index (χ3v) is 5.14. The van der Waals surface area contributed by atoms with Gasteiger partial charge in [-0.2, -0.15) is 10.1 Å². The number of benzene rings is 1. The molecule has 2 fully saturated rings. The summed E-state index contributed by atoms with van der Waals surface area (Å²) in [5.41, 5.74) is 1.63. The predicted molar refractivity (Wildman–Crippen MR) is 90.2 cm³/mol. The number of nitrogens with zero attached hydrogens (tertiary/aromatic N) is 4. The van der Waals surface area contributed by atoms with Gasteiger partial charge in [-0.15, -0.1) is 0 Å². The zero-order chi connectivity index (χ0) is 16.8. The van der Waals surface area contributed by atoms with Crippen molar-refractivity contribution in [1.29, 1.82) is 0 Å². The normalized spacial score (nSPS) is 21.0. The lowest BCUT2D eigenvalue weighted by atomic mass is 9.96. The van der Waals surface area contributed by atoms with Crippen LogP contribution < -0.4 is 0 Å². The molecule has 1 saturated carbocycles. The third kappa shape index (κ3) is 2.69. The van der Waals surface area contributed by atoms with Crippen molar-refractivity contribution >= 4 is 16.8 Å². The Bertz CT molecular complexity index is 926. The minimum Gasteiger partial charge on any atom is -0.339 e. The molecule has 1 saturated heterocycles. The van der Waals surface area contributed by atoms with Crippen molar-refractivity contribution in [2.75, 3.05) is 13.1 Å². The highest BCUT2D eigenvalue weighted by molar-refractivity contribution is 5.97. The second-order valence-electron chi connectivity index (χ2n) is 7.03. The summed E-state index contributed by atoms with van der Waals surface area (Å²) in [7, 11) is 0. The van der Waals surface area contributed by atoms with Crippen molar-refractivity contribution in [3.05, 3.63) is 41.7 Å². The fraction of sp³-hybridized carbons (Fsp3) is 0.444. The Morgan fingerprint density at radius 1 is 1.24 bits per heavy atom. The molecule has 7 heteroatoms. The molecule has 1 atom stereocenters. The van der Waals surface area contributed by atoms with E-state index in [1.807, 2.05) is 23.1 Å². The quantitative estimate of drug-likeness (QED) is 0.794. The van der Waals surface area contributed by atoms with E-state index in [1.165, 1.54) is 0 Å². The van der Waals surface area contributed by atoms with Crippen LogP contribution in [0.5, 0.6) is 0 Å². The molecule has 5 rings (SSSR count). The fourth-order valence-electron chi connectivity index (χ4n) is 3.54. The number of aromatic nitrogens is 4. The Kier molecular flexibility index (Phi) is 3.33. The number of fused-ring (bicyclic) bond motifs is 1. The molecule has 2 aromatic heterocycles. The van der Waals surface area contributed by atoms with Crippen molar-refractivity contribution in [3.63, 3.8) is 0 Å². The van der Waals surface area contributed by atoms with E-state index in [9.17, 15) is 4.79 Å². The van der Waals surface area contributed by atoms with Crippen molar-refractivity contribution in [1.82, 2.24) is 25.2 Å². The molecule has 128 valence electrons. The van der Waals surface area contributed by atoms with E-state index in [2.05, 4.69) is 20.3 Å². The van der Waals surface area contributed by atoms with Crippen LogP contribution in [0.2, 0.25) is 0 Å². The topological polar surface area (TPSA) is 87.9 Å². The Morgan fingerprint density at radius 2 is 2.16 bits per heavy atom. The van der Waals surface area contributed by atoms with E-state index in [0.717, 1.165) is 54.8 Å². The molecule has 1 N–H and O–H groups in total. The van der Waals surface area contributed by atoms with Crippen LogP contribution >= 0.6 is 0 Å². The molecule has 1 aliphatic heterocycles. The largest absolute Gasteiger partial charge is 0.339 e. The number of rotatable bonds is 3. The zero-order valence-electron chi connectivity index (χ0n) is 13.8. The van der Waals surface area contributed by atoms with Crippen molar-refractivity contribution in [2.45, 2.75) is 37.5 Å². The molecule has 1 aliphatic carbocycles. The highest BCUT2D eigenvalue weighted by atomic mass is 16.5. The zero-order valence-corrected chi connectivity index (χ0v) is 13.8. The number of amides is 1. The van der Waals surface area contributed by atoms with Gasteiger partial charge in [0.2, 0.25) is 5.89 Å². The first-order chi connectivity index (χ1) is 12.3. The summed E-state index contributed by atoms with van der Waals surface area (Å²) in [6.45, 7) is 1.41. The average molecular weight is 337 g/mol. The number of H-pyrrole nitrogens is 1. The molecule has 1 amide bonds. The van der Waals surface area contributed by atoms with Crippen LogP contribution in [-0.4, -0.2) is 44.2 Å². The lowest BCUT2D eigenvalue weighted by Gasteiger charge is -2.31. The number of hydrogen-bond acceptors (Lipinski definition) is 5. The van der Waals surface area contributed by atoms with Gasteiger partial charge in [0.15, 0.2) is 5.82 Å². The summed E-state index contributed by atoms with van der Waals surface area (Å²) in [4.78, 5) is 19.4. The molecule has 3 aromatic rings. The lowest BCUT2D eigenvalue weighted by Crippen LogP contribution is -2.39. The summed E-state index contributed by atoms with van der Waals surface area (Å²) in [5.74, 6) is 2.20. The van der Waals surface area contributed by atoms with Crippen molar-refractivity contribution < 1.29 is 9.32 Å². The first-order valence-electron chi connectivity index (χ1n) is 8.84. The van der Waals surface area contributed by atoms with E-state index < -0.39 is 0 Å². The molecule has 0 radical (unpaired) electrons. The Balaban J connectivity index is 1.34. The molecule has 0 bridgehead atoms. The van der Waals surface area contributed by atoms with Gasteiger partial charge >= 0.3 is 0 Å². The van der Waals surface area contributed by atoms with Crippen LogP contribution in [0.1, 0.15) is 59.6 Å². The second kappa shape index (κ2) is 5.68. The summed E-state index contributed by atoms with van der Waals surface area (Å²) in [5, 5.41) is 12.0. The molecule has 7 nitrogen and oxygen atoms in total. The Labute approximate surface area is 144 Å². The average Bonchev–Trinajstić information content (AvgIpc) is 3.20. The second-order valence-corrected chi connectivity index (χ2v) is 7.03. The van der Waals surface area contributed by atoms with Gasteiger partial charge in [0.05, 0.1) is 11.7 Å². The van der Waals surface area contributed by atoms with Crippen LogP contribution in [0.3, 0.4) is 0 Å². The minimum atomic E-state index is 0.0544. The maximum absolute atomic E-state index is 12.9. The van der Waals surface area contributed by atoms with Gasteiger partial charge in [0, 0.05) is 35.9 Å². The number of aromatic amines is 1. The molecule has 1 unspecified atom stereocenters. The molecular weight excluding hydrogens is 318 g/mol. The van der Waals surface area contributed by atoms with Gasteiger partial charge in [-0.3, -0.25) is 9.89 Å². The van der Waals surface area contributed by atoms with Gasteiger partial charge in [0.1, 0.15) is 0 Å². The van der Waals surface area contributed by atoms with E-state index in [1.54, 1.807) is 6.20 Å². The third-order valence-electron chi connectivity index (χ3n) is 5.14. The maximum Gasteiger partial charge on any atom is 0.253 e. The number of nitrogens with one attached hydrogen (secondary N) is 1. The summed E-state index contributed by atoms with van der Waals surface area (Å²) < 4.78 is 5.39. The predicted octanol–water partition coefficient (Wildman–Crippen LogP) is 2.84. The van der Waals surface area contributed by atoms with Gasteiger partial charge in [-0.1, -0.05) is 5.16 Å². The number of piperidine rings is 1. The maximum atomic E-state index is 12.9. The monoisotopic (exact) mass is 337 g/mol. The van der Waals surface area contributed by atoms with Gasteiger partial charge in [-0.25, -0.2) is 0 Å². The standard InChI is InChI=1S/C18H19N5O2/c24-18(12-5-6-15-14(8-12)9-19-21-15)23-7-1-2-13(10-23)16-20-17(25-22-16)11-3-4-11/h5-6,8-9,11,13H,1-4,7,10H2,(H,19,21). The highest BCUT2D eigenvalue weighted by Gasteiger charge is 2.33. The van der Waals surface area contributed by atoms with Gasteiger partial charge in [-0.05, 0) is 43.9 Å². The first kappa shape index (κ1) is 14.6. The molecule has 3 heterocycles. The Hall–Kier alpha value is -2.70. The lowest BCUT2D eigenvalue weighted by molar-refractivity contribution is 0.0704. The van der Waals surface area contributed by atoms with E-state index in [0.29, 0.717) is 18.0 Å². The first-order valence-corrected chi connectivity index (χ1v) is 8.84. The van der Waals surface area contributed by atoms with E-state index >= 15 is 0 Å². The molecule has 25 heavy (non-hydrogen) atoms. The molecule has 2 aliphatic rings. The van der Waals surface area contributed by atoms with Crippen LogP contribution in [0, 0.1) is 0 Å². The number of carbonyl (C=O) groups is 1. The minimum absolute atomic E-state index is 0.0544. The molecular formula is C18H19N5O2. The number of hydrogen-bond donors (Lipinski definition) is 1. The molecule has 0 spiro atoms.